The lowest BCUT2D eigenvalue weighted by atomic mass is 9.93. The second-order valence-electron chi connectivity index (χ2n) is 5.15. The maximum Gasteiger partial charge on any atom is 0.108 e. The molecule has 0 radical (unpaired) electrons. The molecule has 2 rings (SSSR count). The Hall–Kier alpha value is -1.76. The summed E-state index contributed by atoms with van der Waals surface area (Å²) in [6, 6.07) is 2.03. The van der Waals surface area contributed by atoms with Gasteiger partial charge >= 0.3 is 0 Å². The first kappa shape index (κ1) is 12.7. The van der Waals surface area contributed by atoms with E-state index in [2.05, 4.69) is 33.1 Å². The Morgan fingerprint density at radius 3 is 2.22 bits per heavy atom. The lowest BCUT2D eigenvalue weighted by Gasteiger charge is -2.10. The Morgan fingerprint density at radius 1 is 1.11 bits per heavy atom. The van der Waals surface area contributed by atoms with Gasteiger partial charge in [0.15, 0.2) is 0 Å². The summed E-state index contributed by atoms with van der Waals surface area (Å²) in [5.74, 6) is 1.83. The third-order valence-corrected chi connectivity index (χ3v) is 3.45. The molecule has 0 N–H and O–H groups in total. The topological polar surface area (TPSA) is 13.1 Å². The van der Waals surface area contributed by atoms with Crippen molar-refractivity contribution in [3.63, 3.8) is 0 Å². The highest BCUT2D eigenvalue weighted by Gasteiger charge is 2.17. The fraction of sp³-hybridized carbons (Fsp3) is 0.294. The number of allylic oxidation sites excluding steroid dienone is 6. The minimum absolute atomic E-state index is 0.913. The predicted molar refractivity (Wildman–Crippen MR) is 77.4 cm³/mol. The Kier molecular flexibility index (Phi) is 3.16. The molecule has 1 heteroatoms. The van der Waals surface area contributed by atoms with Crippen molar-refractivity contribution in [2.45, 2.75) is 34.1 Å². The minimum atomic E-state index is 0.913. The molecular formula is C17H20O. The highest BCUT2D eigenvalue weighted by atomic mass is 16.3. The average molecular weight is 240 g/mol. The fourth-order valence-corrected chi connectivity index (χ4v) is 2.53. The van der Waals surface area contributed by atoms with Crippen LogP contribution in [0.15, 0.2) is 52.0 Å². The summed E-state index contributed by atoms with van der Waals surface area (Å²) in [7, 11) is 0. The Morgan fingerprint density at radius 2 is 1.78 bits per heavy atom. The molecule has 1 aromatic rings. The molecule has 0 saturated carbocycles. The predicted octanol–water partition coefficient (Wildman–Crippen LogP) is 5.13. The average Bonchev–Trinajstić information content (AvgIpc) is 2.79. The van der Waals surface area contributed by atoms with Crippen LogP contribution in [0.1, 0.15) is 37.4 Å². The molecular weight excluding hydrogens is 220 g/mol. The van der Waals surface area contributed by atoms with Crippen LogP contribution < -0.4 is 0 Å². The third-order valence-electron chi connectivity index (χ3n) is 3.45. The normalized spacial score (nSPS) is 15.0. The first-order valence-electron chi connectivity index (χ1n) is 6.23. The van der Waals surface area contributed by atoms with Crippen LogP contribution in [-0.2, 0) is 0 Å². The van der Waals surface area contributed by atoms with Crippen LogP contribution in [0.2, 0.25) is 0 Å². The maximum atomic E-state index is 5.56. The Bertz CT molecular complexity index is 591. The lowest BCUT2D eigenvalue weighted by molar-refractivity contribution is 0.504. The fourth-order valence-electron chi connectivity index (χ4n) is 2.53. The van der Waals surface area contributed by atoms with Crippen LogP contribution in [0.5, 0.6) is 0 Å². The molecule has 0 unspecified atom stereocenters. The molecule has 94 valence electrons. The largest absolute Gasteiger partial charge is 0.466 e. The van der Waals surface area contributed by atoms with Gasteiger partial charge in [-0.05, 0) is 56.9 Å². The van der Waals surface area contributed by atoms with E-state index < -0.39 is 0 Å². The molecule has 1 aliphatic carbocycles. The van der Waals surface area contributed by atoms with Crippen molar-refractivity contribution in [2.24, 2.45) is 0 Å². The molecule has 0 spiro atoms. The van der Waals surface area contributed by atoms with Gasteiger partial charge in [0.25, 0.3) is 0 Å². The van der Waals surface area contributed by atoms with Gasteiger partial charge in [-0.25, -0.2) is 0 Å². The summed E-state index contributed by atoms with van der Waals surface area (Å²) in [5.41, 5.74) is 7.03. The van der Waals surface area contributed by atoms with Gasteiger partial charge in [-0.2, -0.15) is 0 Å². The van der Waals surface area contributed by atoms with Crippen molar-refractivity contribution in [1.29, 1.82) is 0 Å². The van der Waals surface area contributed by atoms with Crippen LogP contribution >= 0.6 is 0 Å². The van der Waals surface area contributed by atoms with E-state index in [1.807, 2.05) is 19.9 Å². The monoisotopic (exact) mass is 240 g/mol. The smallest absolute Gasteiger partial charge is 0.108 e. The van der Waals surface area contributed by atoms with Crippen LogP contribution in [-0.4, -0.2) is 0 Å². The van der Waals surface area contributed by atoms with E-state index >= 15 is 0 Å². The lowest BCUT2D eigenvalue weighted by Crippen LogP contribution is -1.91. The second kappa shape index (κ2) is 4.49. The molecule has 18 heavy (non-hydrogen) atoms. The van der Waals surface area contributed by atoms with Gasteiger partial charge in [0.2, 0.25) is 0 Å². The summed E-state index contributed by atoms with van der Waals surface area (Å²) < 4.78 is 5.56. The van der Waals surface area contributed by atoms with E-state index in [0.29, 0.717) is 0 Å². The molecule has 1 nitrogen and oxygen atoms in total. The van der Waals surface area contributed by atoms with Crippen molar-refractivity contribution >= 4 is 5.57 Å². The van der Waals surface area contributed by atoms with Gasteiger partial charge < -0.3 is 4.42 Å². The number of aryl methyl sites for hydroxylation is 2. The van der Waals surface area contributed by atoms with Crippen LogP contribution in [0.4, 0.5) is 0 Å². The van der Waals surface area contributed by atoms with Crippen molar-refractivity contribution in [3.05, 3.63) is 64.7 Å². The number of hydrogen-bond acceptors (Lipinski definition) is 1. The van der Waals surface area contributed by atoms with Crippen LogP contribution in [0.3, 0.4) is 0 Å². The summed E-state index contributed by atoms with van der Waals surface area (Å²) in [6.07, 6.45) is 3.26. The highest BCUT2D eigenvalue weighted by molar-refractivity contribution is 5.84. The Balaban J connectivity index is 2.34. The summed E-state index contributed by atoms with van der Waals surface area (Å²) in [4.78, 5) is 0. The van der Waals surface area contributed by atoms with Crippen molar-refractivity contribution in [2.75, 3.05) is 0 Å². The van der Waals surface area contributed by atoms with Gasteiger partial charge in [0.1, 0.15) is 11.5 Å². The summed E-state index contributed by atoms with van der Waals surface area (Å²) >= 11 is 0. The standard InChI is InChI=1S/C17H20O/c1-10-7-11(2)16(8-10)13(4)14(5)17-9-12(3)18-15(17)6/h8-9H,4-5,7H2,1-3,6H3. The van der Waals surface area contributed by atoms with E-state index in [0.717, 1.165) is 34.7 Å². The number of rotatable bonds is 3. The van der Waals surface area contributed by atoms with E-state index in [1.165, 1.54) is 16.7 Å². The zero-order chi connectivity index (χ0) is 13.4. The van der Waals surface area contributed by atoms with Gasteiger partial charge in [-0.1, -0.05) is 30.4 Å². The van der Waals surface area contributed by atoms with Gasteiger partial charge in [0, 0.05) is 5.56 Å². The molecule has 0 aliphatic heterocycles. The summed E-state index contributed by atoms with van der Waals surface area (Å²) in [5, 5.41) is 0. The first-order valence-corrected chi connectivity index (χ1v) is 6.23. The third kappa shape index (κ3) is 2.13. The van der Waals surface area contributed by atoms with Crippen molar-refractivity contribution < 1.29 is 4.42 Å². The number of hydrogen-bond donors (Lipinski definition) is 0. The van der Waals surface area contributed by atoms with E-state index in [1.54, 1.807) is 0 Å². The maximum absolute atomic E-state index is 5.56. The van der Waals surface area contributed by atoms with E-state index in [4.69, 9.17) is 4.42 Å². The molecule has 0 amide bonds. The SMILES string of the molecule is C=C(C(=C)c1cc(C)oc1C)C1=C(C)CC(C)=C1. The van der Waals surface area contributed by atoms with Crippen molar-refractivity contribution in [3.8, 4) is 0 Å². The van der Waals surface area contributed by atoms with Gasteiger partial charge in [-0.3, -0.25) is 0 Å². The Labute approximate surface area is 109 Å². The zero-order valence-corrected chi connectivity index (χ0v) is 11.7. The van der Waals surface area contributed by atoms with Crippen LogP contribution in [0, 0.1) is 13.8 Å². The van der Waals surface area contributed by atoms with Gasteiger partial charge in [-0.15, -0.1) is 0 Å². The first-order chi connectivity index (χ1) is 8.40. The molecule has 0 fully saturated rings. The number of furan rings is 1. The second-order valence-corrected chi connectivity index (χ2v) is 5.15. The quantitative estimate of drug-likeness (QED) is 0.667. The van der Waals surface area contributed by atoms with Crippen LogP contribution in [0.25, 0.3) is 5.57 Å². The van der Waals surface area contributed by atoms with E-state index in [9.17, 15) is 0 Å². The van der Waals surface area contributed by atoms with E-state index in [-0.39, 0.29) is 0 Å². The zero-order valence-electron chi connectivity index (χ0n) is 11.7. The highest BCUT2D eigenvalue weighted by Crippen LogP contribution is 2.36. The van der Waals surface area contributed by atoms with Crippen molar-refractivity contribution in [1.82, 2.24) is 0 Å². The minimum Gasteiger partial charge on any atom is -0.466 e. The molecule has 1 aliphatic rings. The molecule has 0 saturated heterocycles. The van der Waals surface area contributed by atoms with Gasteiger partial charge in [0.05, 0.1) is 0 Å². The molecule has 1 aromatic heterocycles. The summed E-state index contributed by atoms with van der Waals surface area (Å²) in [6.45, 7) is 16.6. The molecule has 0 aromatic carbocycles. The molecule has 0 bridgehead atoms. The molecule has 0 atom stereocenters. The molecule has 1 heterocycles.